The lowest BCUT2D eigenvalue weighted by Gasteiger charge is -2.16. The van der Waals surface area contributed by atoms with Crippen molar-refractivity contribution in [1.82, 2.24) is 39.2 Å². The molecule has 0 saturated carbocycles. The summed E-state index contributed by atoms with van der Waals surface area (Å²) in [5, 5.41) is 4.89. The molecule has 0 aliphatic rings. The average molecular weight is 538 g/mol. The largest absolute Gasteiger partial charge is 0.451 e. The Morgan fingerprint density at radius 3 is 2.44 bits per heavy atom. The van der Waals surface area contributed by atoms with E-state index in [0.29, 0.717) is 40.1 Å². The number of halogens is 4. The van der Waals surface area contributed by atoms with Gasteiger partial charge in [-0.1, -0.05) is 19.1 Å². The van der Waals surface area contributed by atoms with Crippen LogP contribution in [0.4, 0.5) is 23.4 Å². The second kappa shape index (κ2) is 10.2. The summed E-state index contributed by atoms with van der Waals surface area (Å²) in [6, 6.07) is 6.02. The number of fused-ring (bicyclic) bond motifs is 1. The number of rotatable bonds is 7. The van der Waals surface area contributed by atoms with Gasteiger partial charge in [0.15, 0.2) is 5.82 Å². The molecule has 1 aromatic carbocycles. The highest BCUT2D eigenvalue weighted by Gasteiger charge is 2.34. The van der Waals surface area contributed by atoms with Crippen LogP contribution in [-0.2, 0) is 6.18 Å². The molecule has 0 radical (unpaired) electrons. The third-order valence-corrected chi connectivity index (χ3v) is 6.03. The Morgan fingerprint density at radius 2 is 1.77 bits per heavy atom. The molecule has 9 nitrogen and oxygen atoms in total. The minimum Gasteiger partial charge on any atom is -0.369 e. The molecule has 1 atom stereocenters. The van der Waals surface area contributed by atoms with E-state index in [-0.39, 0.29) is 6.04 Å². The first-order valence-electron chi connectivity index (χ1n) is 11.9. The van der Waals surface area contributed by atoms with Gasteiger partial charge in [-0.25, -0.2) is 34.0 Å². The first kappa shape index (κ1) is 25.9. The van der Waals surface area contributed by atoms with E-state index < -0.39 is 17.8 Å². The predicted molar refractivity (Wildman–Crippen MR) is 137 cm³/mol. The molecule has 0 aliphatic heterocycles. The van der Waals surface area contributed by atoms with Gasteiger partial charge in [0.1, 0.15) is 23.5 Å². The highest BCUT2D eigenvalue weighted by Crippen LogP contribution is 2.38. The molecule has 1 unspecified atom stereocenters. The Kier molecular flexibility index (Phi) is 6.81. The fourth-order valence-corrected chi connectivity index (χ4v) is 4.28. The van der Waals surface area contributed by atoms with Crippen LogP contribution in [0, 0.1) is 5.82 Å². The van der Waals surface area contributed by atoms with Gasteiger partial charge in [0.05, 0.1) is 24.0 Å². The highest BCUT2D eigenvalue weighted by molar-refractivity contribution is 6.01. The van der Waals surface area contributed by atoms with Crippen molar-refractivity contribution >= 4 is 23.2 Å². The predicted octanol–water partition coefficient (Wildman–Crippen LogP) is 5.45. The summed E-state index contributed by atoms with van der Waals surface area (Å²) in [6.07, 6.45) is 6.31. The van der Waals surface area contributed by atoms with Gasteiger partial charge in [-0.05, 0) is 18.6 Å². The van der Waals surface area contributed by atoms with Gasteiger partial charge >= 0.3 is 6.18 Å². The van der Waals surface area contributed by atoms with E-state index in [1.54, 1.807) is 62.1 Å². The number of benzene rings is 1. The Balaban J connectivity index is 1.67. The maximum atomic E-state index is 14.4. The molecular weight excluding hydrogens is 514 g/mol. The van der Waals surface area contributed by atoms with Crippen molar-refractivity contribution in [2.45, 2.75) is 25.6 Å². The quantitative estimate of drug-likeness (QED) is 0.156. The van der Waals surface area contributed by atoms with Gasteiger partial charge in [-0.2, -0.15) is 18.3 Å². The van der Waals surface area contributed by atoms with Gasteiger partial charge in [0.2, 0.25) is 5.82 Å². The fourth-order valence-electron chi connectivity index (χ4n) is 4.28. The molecule has 0 spiro atoms. The number of nitrogens with zero attached hydrogens (tertiary/aromatic N) is 9. The Bertz CT molecular complexity index is 1640. The molecule has 200 valence electrons. The second-order valence-corrected chi connectivity index (χ2v) is 8.94. The van der Waals surface area contributed by atoms with E-state index in [0.717, 1.165) is 18.0 Å². The summed E-state index contributed by atoms with van der Waals surface area (Å²) < 4.78 is 57.0. The van der Waals surface area contributed by atoms with Crippen molar-refractivity contribution in [2.24, 2.45) is 4.99 Å². The lowest BCUT2D eigenvalue weighted by atomic mass is 10.1. The molecule has 13 heteroatoms. The Hall–Kier alpha value is -4.68. The van der Waals surface area contributed by atoms with Gasteiger partial charge in [0.25, 0.3) is 0 Å². The first-order chi connectivity index (χ1) is 18.7. The van der Waals surface area contributed by atoms with Crippen LogP contribution >= 0.6 is 0 Å². The molecule has 0 bridgehead atoms. The number of alkyl halides is 3. The number of aliphatic imine (C=N–C) groups is 1. The van der Waals surface area contributed by atoms with Gasteiger partial charge in [0, 0.05) is 55.6 Å². The Labute approximate surface area is 220 Å². The fraction of sp³-hybridized carbons (Fsp3) is 0.231. The molecule has 39 heavy (non-hydrogen) atoms. The van der Waals surface area contributed by atoms with Crippen LogP contribution < -0.4 is 0 Å². The van der Waals surface area contributed by atoms with Gasteiger partial charge in [-0.15, -0.1) is 0 Å². The van der Waals surface area contributed by atoms with Crippen molar-refractivity contribution in [3.8, 4) is 16.8 Å². The zero-order chi connectivity index (χ0) is 27.7. The zero-order valence-corrected chi connectivity index (χ0v) is 21.2. The normalized spacial score (nSPS) is 12.9. The summed E-state index contributed by atoms with van der Waals surface area (Å²) in [5.74, 6) is -1.31. The maximum Gasteiger partial charge on any atom is 0.451 e. The molecule has 0 amide bonds. The minimum absolute atomic E-state index is 0.294. The van der Waals surface area contributed by atoms with E-state index in [1.807, 2.05) is 11.5 Å². The summed E-state index contributed by atoms with van der Waals surface area (Å²) in [5.41, 5.74) is 2.47. The summed E-state index contributed by atoms with van der Waals surface area (Å²) in [4.78, 5) is 22.1. The van der Waals surface area contributed by atoms with Crippen LogP contribution in [0.3, 0.4) is 0 Å². The second-order valence-electron chi connectivity index (χ2n) is 8.94. The van der Waals surface area contributed by atoms with Crippen molar-refractivity contribution in [2.75, 3.05) is 14.1 Å². The van der Waals surface area contributed by atoms with E-state index in [9.17, 15) is 17.6 Å². The first-order valence-corrected chi connectivity index (χ1v) is 11.9. The SMILES string of the molecule is CCC(c1cnn(-c2ccccc2F)c1)n1cc(-c2cnc(C(F)(F)F)nc2)c2c(/N=C/N(C)C)ncnc21. The van der Waals surface area contributed by atoms with Crippen molar-refractivity contribution in [3.63, 3.8) is 0 Å². The number of hydrogen-bond acceptors (Lipinski definition) is 6. The van der Waals surface area contributed by atoms with Gasteiger partial charge in [-0.3, -0.25) is 0 Å². The van der Waals surface area contributed by atoms with E-state index >= 15 is 0 Å². The van der Waals surface area contributed by atoms with E-state index in [4.69, 9.17) is 0 Å². The average Bonchev–Trinajstić information content (AvgIpc) is 3.54. The maximum absolute atomic E-state index is 14.4. The molecule has 0 aliphatic carbocycles. The smallest absolute Gasteiger partial charge is 0.369 e. The lowest BCUT2D eigenvalue weighted by molar-refractivity contribution is -0.144. The van der Waals surface area contributed by atoms with Crippen LogP contribution in [0.5, 0.6) is 0 Å². The van der Waals surface area contributed by atoms with Crippen LogP contribution in [-0.4, -0.2) is 59.6 Å². The molecule has 5 rings (SSSR count). The topological polar surface area (TPSA) is 89.9 Å². The molecule has 4 aromatic heterocycles. The zero-order valence-electron chi connectivity index (χ0n) is 21.2. The van der Waals surface area contributed by atoms with Crippen LogP contribution in [0.25, 0.3) is 27.8 Å². The third kappa shape index (κ3) is 5.07. The highest BCUT2D eigenvalue weighted by atomic mass is 19.4. The summed E-state index contributed by atoms with van der Waals surface area (Å²) >= 11 is 0. The summed E-state index contributed by atoms with van der Waals surface area (Å²) in [6.45, 7) is 1.98. The molecule has 0 fully saturated rings. The third-order valence-electron chi connectivity index (χ3n) is 6.03. The molecule has 0 N–H and O–H groups in total. The van der Waals surface area contributed by atoms with Crippen molar-refractivity contribution in [1.29, 1.82) is 0 Å². The molecule has 0 saturated heterocycles. The number of aromatic nitrogens is 7. The number of hydrogen-bond donors (Lipinski definition) is 0. The Morgan fingerprint density at radius 1 is 1.03 bits per heavy atom. The van der Waals surface area contributed by atoms with Crippen molar-refractivity contribution < 1.29 is 17.6 Å². The monoisotopic (exact) mass is 537 g/mol. The number of para-hydroxylation sites is 1. The standard InChI is InChI=1S/C26H23F4N9/c1-4-20(17-11-36-39(12-17)21-8-6-5-7-19(21)27)38-13-18(16-9-31-25(32-10-16)26(28,29)30)22-23(35-15-37(2)3)33-14-34-24(22)38/h5-15,20H,4H2,1-3H3/b35-15+. The molecular formula is C26H23F4N9. The molecule has 4 heterocycles. The lowest BCUT2D eigenvalue weighted by Crippen LogP contribution is -2.10. The molecule has 5 aromatic rings. The van der Waals surface area contributed by atoms with Crippen LogP contribution in [0.1, 0.15) is 30.8 Å². The van der Waals surface area contributed by atoms with Crippen LogP contribution in [0.2, 0.25) is 0 Å². The van der Waals surface area contributed by atoms with Crippen molar-refractivity contribution in [3.05, 3.63) is 78.8 Å². The van der Waals surface area contributed by atoms with E-state index in [2.05, 4.69) is 30.0 Å². The van der Waals surface area contributed by atoms with Gasteiger partial charge < -0.3 is 9.47 Å². The minimum atomic E-state index is -4.66. The summed E-state index contributed by atoms with van der Waals surface area (Å²) in [7, 11) is 3.61. The van der Waals surface area contributed by atoms with Crippen LogP contribution in [0.15, 0.2) is 66.6 Å². The van der Waals surface area contributed by atoms with E-state index in [1.165, 1.54) is 17.1 Å².